The molecule has 1 amide bonds. The number of carbonyl (C=O) groups is 1. The summed E-state index contributed by atoms with van der Waals surface area (Å²) in [6.45, 7) is 5.67. The number of amides is 1. The normalized spacial score (nSPS) is 21.8. The van der Waals surface area contributed by atoms with E-state index in [-0.39, 0.29) is 12.1 Å². The Bertz CT molecular complexity index is 626. The third kappa shape index (κ3) is 3.83. The summed E-state index contributed by atoms with van der Waals surface area (Å²) in [5.41, 5.74) is -0.600. The minimum atomic E-state index is -1.06. The Morgan fingerprint density at radius 1 is 1.29 bits per heavy atom. The monoisotopic (exact) mass is 356 g/mol. The van der Waals surface area contributed by atoms with Crippen LogP contribution in [0.5, 0.6) is 0 Å². The van der Waals surface area contributed by atoms with Gasteiger partial charge in [0.25, 0.3) is 0 Å². The van der Waals surface area contributed by atoms with E-state index in [2.05, 4.69) is 5.32 Å². The maximum absolute atomic E-state index is 14.0. The van der Waals surface area contributed by atoms with E-state index in [0.29, 0.717) is 17.8 Å². The summed E-state index contributed by atoms with van der Waals surface area (Å²) in [5, 5.41) is 12.6. The molecule has 132 valence electrons. The standard InChI is InChI=1S/C17H22F2N2O2S/c1-17(2,3)21(16(22)23)13-8-7-10(9-20-15(13)24)14-11(18)5-4-6-12(14)19/h4-6,10,13H,7-9H2,1-3H3,(H,20,24)(H,22,23)/t10-,13-/m1/s1. The molecule has 1 fully saturated rings. The van der Waals surface area contributed by atoms with E-state index in [1.807, 2.05) is 0 Å². The lowest BCUT2D eigenvalue weighted by Crippen LogP contribution is -2.55. The van der Waals surface area contributed by atoms with Gasteiger partial charge in [-0.1, -0.05) is 18.3 Å². The molecule has 2 N–H and O–H groups in total. The molecule has 2 rings (SSSR count). The Hall–Kier alpha value is -1.76. The average molecular weight is 356 g/mol. The van der Waals surface area contributed by atoms with Crippen molar-refractivity contribution in [2.45, 2.75) is 51.1 Å². The van der Waals surface area contributed by atoms with Crippen LogP contribution in [0.1, 0.15) is 45.1 Å². The highest BCUT2D eigenvalue weighted by Crippen LogP contribution is 2.31. The van der Waals surface area contributed by atoms with Crippen LogP contribution in [0, 0.1) is 11.6 Å². The Kier molecular flexibility index (Phi) is 5.42. The van der Waals surface area contributed by atoms with Crippen molar-refractivity contribution in [1.29, 1.82) is 0 Å². The molecule has 0 bridgehead atoms. The molecule has 1 aromatic carbocycles. The van der Waals surface area contributed by atoms with Gasteiger partial charge < -0.3 is 10.4 Å². The smallest absolute Gasteiger partial charge is 0.408 e. The molecule has 1 heterocycles. The van der Waals surface area contributed by atoms with Gasteiger partial charge in [-0.2, -0.15) is 0 Å². The van der Waals surface area contributed by atoms with Crippen molar-refractivity contribution in [3.8, 4) is 0 Å². The van der Waals surface area contributed by atoms with Crippen LogP contribution in [0.3, 0.4) is 0 Å². The maximum Gasteiger partial charge on any atom is 0.408 e. The topological polar surface area (TPSA) is 52.6 Å². The lowest BCUT2D eigenvalue weighted by molar-refractivity contribution is 0.0855. The Morgan fingerprint density at radius 3 is 2.38 bits per heavy atom. The van der Waals surface area contributed by atoms with E-state index in [1.54, 1.807) is 20.8 Å². The summed E-state index contributed by atoms with van der Waals surface area (Å²) in [6, 6.07) is 3.28. The zero-order valence-electron chi connectivity index (χ0n) is 14.0. The fourth-order valence-corrected chi connectivity index (χ4v) is 3.52. The van der Waals surface area contributed by atoms with Crippen LogP contribution in [0.4, 0.5) is 13.6 Å². The quantitative estimate of drug-likeness (QED) is 0.789. The number of benzene rings is 1. The van der Waals surface area contributed by atoms with Gasteiger partial charge in [0, 0.05) is 23.6 Å². The van der Waals surface area contributed by atoms with E-state index in [0.717, 1.165) is 0 Å². The SMILES string of the molecule is CC(C)(C)N(C(=O)O)[C@@H]1CC[C@@H](c2c(F)cccc2F)CNC1=S. The predicted molar refractivity (Wildman–Crippen MR) is 92.3 cm³/mol. The van der Waals surface area contributed by atoms with E-state index >= 15 is 0 Å². The van der Waals surface area contributed by atoms with Crippen LogP contribution >= 0.6 is 12.2 Å². The van der Waals surface area contributed by atoms with Gasteiger partial charge in [-0.3, -0.25) is 4.90 Å². The molecule has 24 heavy (non-hydrogen) atoms. The molecule has 1 saturated heterocycles. The molecule has 0 aromatic heterocycles. The molecule has 4 nitrogen and oxygen atoms in total. The summed E-state index contributed by atoms with van der Waals surface area (Å²) in [7, 11) is 0. The lowest BCUT2D eigenvalue weighted by atomic mass is 9.92. The van der Waals surface area contributed by atoms with Gasteiger partial charge in [0.05, 0.1) is 11.0 Å². The molecule has 0 saturated carbocycles. The van der Waals surface area contributed by atoms with Crippen molar-refractivity contribution < 1.29 is 18.7 Å². The van der Waals surface area contributed by atoms with Crippen LogP contribution in [0.15, 0.2) is 18.2 Å². The molecule has 0 unspecified atom stereocenters. The van der Waals surface area contributed by atoms with Gasteiger partial charge >= 0.3 is 6.09 Å². The maximum atomic E-state index is 14.0. The molecule has 1 aromatic rings. The molecule has 0 aliphatic carbocycles. The zero-order valence-corrected chi connectivity index (χ0v) is 14.8. The number of nitrogens with one attached hydrogen (secondary N) is 1. The van der Waals surface area contributed by atoms with Crippen molar-refractivity contribution >= 4 is 23.3 Å². The van der Waals surface area contributed by atoms with Gasteiger partial charge in [-0.05, 0) is 45.7 Å². The molecule has 1 aliphatic rings. The molecular formula is C17H22F2N2O2S. The van der Waals surface area contributed by atoms with Crippen molar-refractivity contribution in [2.75, 3.05) is 6.54 Å². The van der Waals surface area contributed by atoms with Crippen LogP contribution < -0.4 is 5.32 Å². The number of nitrogens with zero attached hydrogens (tertiary/aromatic N) is 1. The summed E-state index contributed by atoms with van der Waals surface area (Å²) < 4.78 is 28.1. The number of thiocarbonyl (C=S) groups is 1. The highest BCUT2D eigenvalue weighted by molar-refractivity contribution is 7.80. The van der Waals surface area contributed by atoms with Gasteiger partial charge in [-0.25, -0.2) is 13.6 Å². The summed E-state index contributed by atoms with van der Waals surface area (Å²) >= 11 is 5.34. The van der Waals surface area contributed by atoms with Crippen molar-refractivity contribution in [1.82, 2.24) is 10.2 Å². The van der Waals surface area contributed by atoms with E-state index in [4.69, 9.17) is 12.2 Å². The molecule has 7 heteroatoms. The van der Waals surface area contributed by atoms with Gasteiger partial charge in [0.15, 0.2) is 0 Å². The summed E-state index contributed by atoms with van der Waals surface area (Å²) in [5.74, 6) is -1.57. The molecule has 2 atom stereocenters. The summed E-state index contributed by atoms with van der Waals surface area (Å²) in [6.07, 6.45) is -0.212. The first-order chi connectivity index (χ1) is 11.1. The first kappa shape index (κ1) is 18.6. The largest absolute Gasteiger partial charge is 0.465 e. The Labute approximate surface area is 145 Å². The molecule has 0 spiro atoms. The highest BCUT2D eigenvalue weighted by Gasteiger charge is 2.37. The van der Waals surface area contributed by atoms with Gasteiger partial charge in [-0.15, -0.1) is 0 Å². The lowest BCUT2D eigenvalue weighted by Gasteiger charge is -2.39. The van der Waals surface area contributed by atoms with Crippen molar-refractivity contribution in [2.24, 2.45) is 0 Å². The third-order valence-corrected chi connectivity index (χ3v) is 4.68. The van der Waals surface area contributed by atoms with Gasteiger partial charge in [0.2, 0.25) is 0 Å². The van der Waals surface area contributed by atoms with Crippen LogP contribution in [0.2, 0.25) is 0 Å². The molecule has 1 aliphatic heterocycles. The average Bonchev–Trinajstić information content (AvgIpc) is 2.61. The molecular weight excluding hydrogens is 334 g/mol. The second-order valence-electron chi connectivity index (χ2n) is 6.99. The number of hydrogen-bond donors (Lipinski definition) is 2. The fraction of sp³-hybridized carbons (Fsp3) is 0.529. The van der Waals surface area contributed by atoms with Crippen molar-refractivity contribution in [3.05, 3.63) is 35.4 Å². The number of halogens is 2. The second kappa shape index (κ2) is 7.01. The zero-order chi connectivity index (χ0) is 18.1. The Morgan fingerprint density at radius 2 is 1.88 bits per heavy atom. The molecule has 0 radical (unpaired) electrons. The van der Waals surface area contributed by atoms with Crippen LogP contribution in [-0.4, -0.2) is 39.2 Å². The van der Waals surface area contributed by atoms with E-state index in [1.165, 1.54) is 23.1 Å². The van der Waals surface area contributed by atoms with Gasteiger partial charge in [0.1, 0.15) is 11.6 Å². The first-order valence-corrected chi connectivity index (χ1v) is 8.27. The second-order valence-corrected chi connectivity index (χ2v) is 7.43. The van der Waals surface area contributed by atoms with E-state index in [9.17, 15) is 18.7 Å². The van der Waals surface area contributed by atoms with Crippen LogP contribution in [-0.2, 0) is 0 Å². The highest BCUT2D eigenvalue weighted by atomic mass is 32.1. The van der Waals surface area contributed by atoms with Crippen molar-refractivity contribution in [3.63, 3.8) is 0 Å². The Balaban J connectivity index is 2.28. The van der Waals surface area contributed by atoms with E-state index < -0.39 is 35.2 Å². The first-order valence-electron chi connectivity index (χ1n) is 7.86. The predicted octanol–water partition coefficient (Wildman–Crippen LogP) is 3.91. The number of rotatable bonds is 2. The van der Waals surface area contributed by atoms with Crippen LogP contribution in [0.25, 0.3) is 0 Å². The summed E-state index contributed by atoms with van der Waals surface area (Å²) in [4.78, 5) is 13.4. The minimum Gasteiger partial charge on any atom is -0.465 e. The number of carboxylic acid groups (broad SMARTS) is 1. The fourth-order valence-electron chi connectivity index (χ4n) is 3.22. The third-order valence-electron chi connectivity index (χ3n) is 4.26. The minimum absolute atomic E-state index is 0.0334. The number of hydrogen-bond acceptors (Lipinski definition) is 2.